The number of ketones is 2. The minimum atomic E-state index is -2.15. The first-order valence-electron chi connectivity index (χ1n) is 9.89. The Morgan fingerprint density at radius 2 is 1.88 bits per heavy atom. The zero-order valence-electron chi connectivity index (χ0n) is 16.4. The van der Waals surface area contributed by atoms with Crippen molar-refractivity contribution >= 4 is 19.9 Å². The lowest BCUT2D eigenvalue weighted by Crippen LogP contribution is -2.62. The van der Waals surface area contributed by atoms with Gasteiger partial charge in [-0.15, -0.1) is 0 Å². The molecule has 5 atom stereocenters. The Hall–Kier alpha value is -0.743. The molecule has 4 aliphatic carbocycles. The maximum atomic E-state index is 13.7. The third kappa shape index (κ3) is 2.13. The summed E-state index contributed by atoms with van der Waals surface area (Å²) < 4.78 is 6.83. The van der Waals surface area contributed by atoms with E-state index in [2.05, 4.69) is 40.4 Å². The van der Waals surface area contributed by atoms with Gasteiger partial charge in [0.2, 0.25) is 0 Å². The number of hydrogen-bond donors (Lipinski definition) is 0. The number of hydrogen-bond acceptors (Lipinski definition) is 3. The highest BCUT2D eigenvalue weighted by Gasteiger charge is 2.71. The summed E-state index contributed by atoms with van der Waals surface area (Å²) in [7, 11) is -2.15. The van der Waals surface area contributed by atoms with Crippen molar-refractivity contribution < 1.29 is 14.0 Å². The second-order valence-corrected chi connectivity index (χ2v) is 15.4. The molecule has 0 aliphatic heterocycles. The zero-order valence-corrected chi connectivity index (χ0v) is 17.4. The lowest BCUT2D eigenvalue weighted by atomic mass is 9.49. The number of rotatable bonds is 2. The smallest absolute Gasteiger partial charge is 0.193 e. The SMILES string of the molecule is C=C1C[C@@]23C[C@@]1(O[Si](C)(C)C(C)(C)C)C(=O)C1CCC(CC2=O)CC13. The minimum absolute atomic E-state index is 0.0123. The van der Waals surface area contributed by atoms with Crippen molar-refractivity contribution in [1.29, 1.82) is 0 Å². The van der Waals surface area contributed by atoms with Gasteiger partial charge >= 0.3 is 0 Å². The van der Waals surface area contributed by atoms with Crippen LogP contribution < -0.4 is 0 Å². The van der Waals surface area contributed by atoms with Gasteiger partial charge in [0.05, 0.1) is 0 Å². The highest BCUT2D eigenvalue weighted by Crippen LogP contribution is 2.67. The van der Waals surface area contributed by atoms with Gasteiger partial charge in [-0.3, -0.25) is 9.59 Å². The monoisotopic (exact) mass is 360 g/mol. The van der Waals surface area contributed by atoms with E-state index in [0.717, 1.165) is 24.8 Å². The Labute approximate surface area is 152 Å². The summed E-state index contributed by atoms with van der Waals surface area (Å²) in [6.45, 7) is 15.3. The van der Waals surface area contributed by atoms with Crippen molar-refractivity contribution in [2.45, 2.75) is 83.0 Å². The molecular weight excluding hydrogens is 328 g/mol. The van der Waals surface area contributed by atoms with Crippen LogP contribution >= 0.6 is 0 Å². The van der Waals surface area contributed by atoms with Crippen LogP contribution in [0.25, 0.3) is 0 Å². The van der Waals surface area contributed by atoms with E-state index in [4.69, 9.17) is 4.43 Å². The van der Waals surface area contributed by atoms with Crippen molar-refractivity contribution in [1.82, 2.24) is 0 Å². The van der Waals surface area contributed by atoms with Gasteiger partial charge in [-0.25, -0.2) is 0 Å². The van der Waals surface area contributed by atoms with Gasteiger partial charge < -0.3 is 4.43 Å². The largest absolute Gasteiger partial charge is 0.401 e. The van der Waals surface area contributed by atoms with Gasteiger partial charge in [-0.05, 0) is 67.6 Å². The maximum Gasteiger partial charge on any atom is 0.193 e. The molecule has 4 rings (SSSR count). The highest BCUT2D eigenvalue weighted by atomic mass is 28.4. The van der Waals surface area contributed by atoms with Crippen LogP contribution in [0, 0.1) is 23.2 Å². The predicted octanol–water partition coefficient (Wildman–Crippen LogP) is 4.67. The van der Waals surface area contributed by atoms with Crippen LogP contribution in [0.1, 0.15) is 59.3 Å². The number of fused-ring (bicyclic) bond motifs is 2. The third-order valence-electron chi connectivity index (χ3n) is 8.33. The van der Waals surface area contributed by atoms with E-state index in [1.54, 1.807) is 0 Å². The molecule has 4 aliphatic rings. The second kappa shape index (κ2) is 4.95. The summed E-state index contributed by atoms with van der Waals surface area (Å²) in [5, 5.41) is 0.0309. The normalized spacial score (nSPS) is 43.6. The fraction of sp³-hybridized carbons (Fsp3) is 0.810. The summed E-state index contributed by atoms with van der Waals surface area (Å²) >= 11 is 0. The molecule has 0 aromatic heterocycles. The van der Waals surface area contributed by atoms with Crippen LogP contribution in [-0.4, -0.2) is 25.5 Å². The first-order chi connectivity index (χ1) is 11.4. The van der Waals surface area contributed by atoms with E-state index in [0.29, 0.717) is 31.0 Å². The van der Waals surface area contributed by atoms with E-state index in [9.17, 15) is 9.59 Å². The molecule has 4 saturated carbocycles. The van der Waals surface area contributed by atoms with E-state index in [1.807, 2.05) is 0 Å². The van der Waals surface area contributed by atoms with Gasteiger partial charge in [0.1, 0.15) is 11.4 Å². The average molecular weight is 361 g/mol. The molecule has 4 heteroatoms. The Morgan fingerprint density at radius 3 is 2.52 bits per heavy atom. The molecule has 1 spiro atoms. The topological polar surface area (TPSA) is 43.4 Å². The molecule has 0 radical (unpaired) electrons. The first-order valence-corrected chi connectivity index (χ1v) is 12.8. The maximum absolute atomic E-state index is 13.7. The Balaban J connectivity index is 1.80. The van der Waals surface area contributed by atoms with Gasteiger partial charge in [0.15, 0.2) is 14.1 Å². The van der Waals surface area contributed by atoms with Crippen molar-refractivity contribution in [2.75, 3.05) is 0 Å². The molecule has 3 nitrogen and oxygen atoms in total. The Kier molecular flexibility index (Phi) is 3.49. The molecule has 0 heterocycles. The number of Topliss-reactive ketones (excluding diaryl/α,β-unsaturated/α-hetero) is 2. The fourth-order valence-corrected chi connectivity index (χ4v) is 7.46. The molecule has 0 aromatic carbocycles. The average Bonchev–Trinajstić information content (AvgIpc) is 2.74. The Morgan fingerprint density at radius 1 is 1.20 bits per heavy atom. The molecule has 0 saturated heterocycles. The van der Waals surface area contributed by atoms with Crippen LogP contribution in [0.15, 0.2) is 12.2 Å². The number of carbonyl (C=O) groups excluding carboxylic acids is 2. The summed E-state index contributed by atoms with van der Waals surface area (Å²) in [6.07, 6.45) is 5.00. The Bertz CT molecular complexity index is 673. The van der Waals surface area contributed by atoms with Gasteiger partial charge in [0.25, 0.3) is 0 Å². The molecule has 4 bridgehead atoms. The lowest BCUT2D eigenvalue weighted by molar-refractivity contribution is -0.163. The molecule has 0 N–H and O–H groups in total. The van der Waals surface area contributed by atoms with Crippen LogP contribution in [0.4, 0.5) is 0 Å². The molecule has 3 unspecified atom stereocenters. The summed E-state index contributed by atoms with van der Waals surface area (Å²) in [6, 6.07) is 0. The zero-order chi connectivity index (χ0) is 18.4. The van der Waals surface area contributed by atoms with E-state index in [1.165, 1.54) is 0 Å². The molecular formula is C21H32O3Si. The van der Waals surface area contributed by atoms with Crippen molar-refractivity contribution in [3.8, 4) is 0 Å². The van der Waals surface area contributed by atoms with Crippen LogP contribution in [0.5, 0.6) is 0 Å². The minimum Gasteiger partial charge on any atom is -0.401 e. The van der Waals surface area contributed by atoms with Crippen LogP contribution in [0.2, 0.25) is 18.1 Å². The van der Waals surface area contributed by atoms with Crippen LogP contribution in [0.3, 0.4) is 0 Å². The van der Waals surface area contributed by atoms with Gasteiger partial charge in [-0.2, -0.15) is 0 Å². The van der Waals surface area contributed by atoms with E-state index < -0.39 is 13.9 Å². The number of carbonyl (C=O) groups is 2. The quantitative estimate of drug-likeness (QED) is 0.531. The molecule has 138 valence electrons. The van der Waals surface area contributed by atoms with E-state index >= 15 is 0 Å². The summed E-state index contributed by atoms with van der Waals surface area (Å²) in [5.41, 5.74) is -0.345. The standard InChI is InChI=1S/C21H32O3Si/c1-13-11-20-12-21(13,24-25(5,6)19(2,3)4)18(23)15-8-7-14(9-16(15)20)10-17(20)22/h14-16H,1,7-12H2,2-6H3/t14?,15?,16?,20-,21-/m0/s1. The summed E-state index contributed by atoms with van der Waals surface area (Å²) in [4.78, 5) is 26.8. The van der Waals surface area contributed by atoms with Crippen molar-refractivity contribution in [3.05, 3.63) is 12.2 Å². The second-order valence-electron chi connectivity index (χ2n) is 10.7. The predicted molar refractivity (Wildman–Crippen MR) is 101 cm³/mol. The summed E-state index contributed by atoms with van der Waals surface area (Å²) in [5.74, 6) is 1.42. The van der Waals surface area contributed by atoms with Crippen LogP contribution in [-0.2, 0) is 14.0 Å². The molecule has 4 fully saturated rings. The molecule has 0 amide bonds. The first kappa shape index (κ1) is 17.7. The van der Waals surface area contributed by atoms with E-state index in [-0.39, 0.29) is 28.1 Å². The van der Waals surface area contributed by atoms with Crippen molar-refractivity contribution in [3.63, 3.8) is 0 Å². The lowest BCUT2D eigenvalue weighted by Gasteiger charge is -2.55. The molecule has 25 heavy (non-hydrogen) atoms. The highest BCUT2D eigenvalue weighted by molar-refractivity contribution is 6.74. The third-order valence-corrected chi connectivity index (χ3v) is 12.8. The van der Waals surface area contributed by atoms with Gasteiger partial charge in [-0.1, -0.05) is 27.4 Å². The fourth-order valence-electron chi connectivity index (χ4n) is 5.96. The molecule has 0 aromatic rings. The van der Waals surface area contributed by atoms with Gasteiger partial charge in [0, 0.05) is 17.8 Å². The van der Waals surface area contributed by atoms with Crippen molar-refractivity contribution in [2.24, 2.45) is 23.2 Å².